The van der Waals surface area contributed by atoms with Gasteiger partial charge in [-0.3, -0.25) is 0 Å². The van der Waals surface area contributed by atoms with E-state index in [9.17, 15) is 0 Å². The molecule has 4 heteroatoms. The lowest BCUT2D eigenvalue weighted by Gasteiger charge is -2.06. The zero-order chi connectivity index (χ0) is 11.0. The van der Waals surface area contributed by atoms with Crippen LogP contribution in [0.1, 0.15) is 32.4 Å². The molecule has 2 rings (SSSR count). The smallest absolute Gasteiger partial charge is 0.159 e. The van der Waals surface area contributed by atoms with E-state index >= 15 is 0 Å². The summed E-state index contributed by atoms with van der Waals surface area (Å²) in [5.41, 5.74) is 1.90. The van der Waals surface area contributed by atoms with Crippen LogP contribution in [0, 0.1) is 0 Å². The number of rotatable bonds is 2. The largest absolute Gasteiger partial charge is 0.248 e. The molecule has 2 aromatic heterocycles. The second-order valence-electron chi connectivity index (χ2n) is 3.88. The van der Waals surface area contributed by atoms with Crippen LogP contribution in [0.4, 0.5) is 0 Å². The second kappa shape index (κ2) is 3.81. The molecule has 2 aromatic rings. The number of halogens is 1. The predicted octanol–water partition coefficient (Wildman–Crippen LogP) is 3.23. The minimum Gasteiger partial charge on any atom is -0.248 e. The molecule has 3 nitrogen and oxygen atoms in total. The van der Waals surface area contributed by atoms with E-state index in [1.165, 1.54) is 0 Å². The van der Waals surface area contributed by atoms with E-state index in [1.807, 2.05) is 17.7 Å². The summed E-state index contributed by atoms with van der Waals surface area (Å²) in [6, 6.07) is 1.93. The average molecular weight is 224 g/mol. The average Bonchev–Trinajstić information content (AvgIpc) is 2.60. The molecule has 0 radical (unpaired) electrons. The summed E-state index contributed by atoms with van der Waals surface area (Å²) in [6.45, 7) is 7.08. The van der Waals surface area contributed by atoms with Crippen LogP contribution in [0.15, 0.2) is 12.3 Å². The summed E-state index contributed by atoms with van der Waals surface area (Å²) in [5.74, 6) is 0.382. The SMILES string of the molecule is CCn1ncc2c(Cl)cc(C(C)C)nc21. The first-order valence-electron chi connectivity index (χ1n) is 5.15. The molecular weight excluding hydrogens is 210 g/mol. The van der Waals surface area contributed by atoms with Crippen molar-refractivity contribution in [3.63, 3.8) is 0 Å². The van der Waals surface area contributed by atoms with Gasteiger partial charge in [-0.25, -0.2) is 9.67 Å². The second-order valence-corrected chi connectivity index (χ2v) is 4.29. The molecule has 15 heavy (non-hydrogen) atoms. The maximum Gasteiger partial charge on any atom is 0.159 e. The normalized spacial score (nSPS) is 11.5. The topological polar surface area (TPSA) is 30.7 Å². The van der Waals surface area contributed by atoms with Crippen molar-refractivity contribution in [1.29, 1.82) is 0 Å². The van der Waals surface area contributed by atoms with Crippen LogP contribution in [0.5, 0.6) is 0 Å². The minimum atomic E-state index is 0.382. The Labute approximate surface area is 94.1 Å². The van der Waals surface area contributed by atoms with Crippen molar-refractivity contribution < 1.29 is 0 Å². The van der Waals surface area contributed by atoms with Gasteiger partial charge in [-0.15, -0.1) is 0 Å². The highest BCUT2D eigenvalue weighted by molar-refractivity contribution is 6.35. The molecule has 2 heterocycles. The van der Waals surface area contributed by atoms with Crippen molar-refractivity contribution in [1.82, 2.24) is 14.8 Å². The highest BCUT2D eigenvalue weighted by Gasteiger charge is 2.10. The van der Waals surface area contributed by atoms with E-state index in [1.54, 1.807) is 6.20 Å². The predicted molar refractivity (Wildman–Crippen MR) is 62.3 cm³/mol. The van der Waals surface area contributed by atoms with Gasteiger partial charge in [-0.1, -0.05) is 25.4 Å². The Kier molecular flexibility index (Phi) is 2.65. The van der Waals surface area contributed by atoms with Crippen LogP contribution in [0.2, 0.25) is 5.02 Å². The third kappa shape index (κ3) is 1.72. The Morgan fingerprint density at radius 1 is 1.47 bits per heavy atom. The first-order valence-corrected chi connectivity index (χ1v) is 5.53. The number of aromatic nitrogens is 3. The fraction of sp³-hybridized carbons (Fsp3) is 0.455. The van der Waals surface area contributed by atoms with Gasteiger partial charge in [0.05, 0.1) is 16.6 Å². The van der Waals surface area contributed by atoms with Crippen molar-refractivity contribution in [2.75, 3.05) is 0 Å². The molecule has 0 spiro atoms. The zero-order valence-corrected chi connectivity index (χ0v) is 9.91. The fourth-order valence-electron chi connectivity index (χ4n) is 1.55. The van der Waals surface area contributed by atoms with E-state index in [0.717, 1.165) is 28.3 Å². The summed E-state index contributed by atoms with van der Waals surface area (Å²) in [5, 5.41) is 5.92. The van der Waals surface area contributed by atoms with Crippen LogP contribution in [0.3, 0.4) is 0 Å². The summed E-state index contributed by atoms with van der Waals surface area (Å²) in [7, 11) is 0. The molecule has 0 bridgehead atoms. The van der Waals surface area contributed by atoms with Gasteiger partial charge in [0.2, 0.25) is 0 Å². The lowest BCUT2D eigenvalue weighted by atomic mass is 10.1. The maximum absolute atomic E-state index is 6.18. The van der Waals surface area contributed by atoms with Gasteiger partial charge in [-0.05, 0) is 18.9 Å². The first-order chi connectivity index (χ1) is 7.13. The third-order valence-electron chi connectivity index (χ3n) is 2.47. The van der Waals surface area contributed by atoms with Gasteiger partial charge in [0.15, 0.2) is 5.65 Å². The van der Waals surface area contributed by atoms with Crippen LogP contribution in [0.25, 0.3) is 11.0 Å². The van der Waals surface area contributed by atoms with Gasteiger partial charge in [0.25, 0.3) is 0 Å². The summed E-state index contributed by atoms with van der Waals surface area (Å²) < 4.78 is 1.87. The lowest BCUT2D eigenvalue weighted by molar-refractivity contribution is 0.673. The summed E-state index contributed by atoms with van der Waals surface area (Å²) >= 11 is 6.18. The standard InChI is InChI=1S/C11H14ClN3/c1-4-15-11-8(6-13-15)9(12)5-10(14-11)7(2)3/h5-7H,4H2,1-3H3. The monoisotopic (exact) mass is 223 g/mol. The Morgan fingerprint density at radius 2 is 2.20 bits per heavy atom. The number of hydrogen-bond acceptors (Lipinski definition) is 2. The summed E-state index contributed by atoms with van der Waals surface area (Å²) in [6.07, 6.45) is 1.78. The minimum absolute atomic E-state index is 0.382. The van der Waals surface area contributed by atoms with Crippen molar-refractivity contribution in [2.45, 2.75) is 33.2 Å². The van der Waals surface area contributed by atoms with Crippen LogP contribution >= 0.6 is 11.6 Å². The van der Waals surface area contributed by atoms with E-state index in [0.29, 0.717) is 5.92 Å². The van der Waals surface area contributed by atoms with Gasteiger partial charge in [-0.2, -0.15) is 5.10 Å². The highest BCUT2D eigenvalue weighted by atomic mass is 35.5. The first kappa shape index (κ1) is 10.4. The molecule has 0 saturated carbocycles. The molecular formula is C11H14ClN3. The number of pyridine rings is 1. The number of nitrogens with zero attached hydrogens (tertiary/aromatic N) is 3. The fourth-order valence-corrected chi connectivity index (χ4v) is 1.80. The number of fused-ring (bicyclic) bond motifs is 1. The highest BCUT2D eigenvalue weighted by Crippen LogP contribution is 2.25. The van der Waals surface area contributed by atoms with Gasteiger partial charge < -0.3 is 0 Å². The van der Waals surface area contributed by atoms with Crippen molar-refractivity contribution >= 4 is 22.6 Å². The molecule has 0 fully saturated rings. The van der Waals surface area contributed by atoms with Crippen molar-refractivity contribution in [3.05, 3.63) is 23.0 Å². The molecule has 0 aromatic carbocycles. The quantitative estimate of drug-likeness (QED) is 0.783. The Balaban J connectivity index is 2.71. The molecule has 0 aliphatic heterocycles. The Bertz CT molecular complexity index is 488. The van der Waals surface area contributed by atoms with E-state index in [2.05, 4.69) is 23.9 Å². The van der Waals surface area contributed by atoms with E-state index in [4.69, 9.17) is 11.6 Å². The number of aryl methyl sites for hydroxylation is 1. The van der Waals surface area contributed by atoms with Gasteiger partial charge >= 0.3 is 0 Å². The molecule has 0 aliphatic rings. The van der Waals surface area contributed by atoms with Crippen LogP contribution in [-0.2, 0) is 6.54 Å². The third-order valence-corrected chi connectivity index (χ3v) is 2.78. The lowest BCUT2D eigenvalue weighted by Crippen LogP contribution is -2.00. The molecule has 0 atom stereocenters. The molecule has 0 saturated heterocycles. The zero-order valence-electron chi connectivity index (χ0n) is 9.16. The Morgan fingerprint density at radius 3 is 2.80 bits per heavy atom. The van der Waals surface area contributed by atoms with Crippen LogP contribution < -0.4 is 0 Å². The molecule has 80 valence electrons. The van der Waals surface area contributed by atoms with Gasteiger partial charge in [0.1, 0.15) is 0 Å². The number of hydrogen-bond donors (Lipinski definition) is 0. The molecule has 0 amide bonds. The van der Waals surface area contributed by atoms with E-state index in [-0.39, 0.29) is 0 Å². The Hall–Kier alpha value is -1.09. The van der Waals surface area contributed by atoms with Gasteiger partial charge in [0, 0.05) is 12.2 Å². The van der Waals surface area contributed by atoms with Crippen molar-refractivity contribution in [3.8, 4) is 0 Å². The van der Waals surface area contributed by atoms with Crippen LogP contribution in [-0.4, -0.2) is 14.8 Å². The molecule has 0 N–H and O–H groups in total. The summed E-state index contributed by atoms with van der Waals surface area (Å²) in [4.78, 5) is 4.58. The van der Waals surface area contributed by atoms with E-state index < -0.39 is 0 Å². The van der Waals surface area contributed by atoms with Crippen molar-refractivity contribution in [2.24, 2.45) is 0 Å². The molecule has 0 unspecified atom stereocenters. The molecule has 0 aliphatic carbocycles. The maximum atomic E-state index is 6.18.